The quantitative estimate of drug-likeness (QED) is 0.706. The molecule has 106 valence electrons. The van der Waals surface area contributed by atoms with Crippen LogP contribution in [-0.2, 0) is 12.0 Å². The van der Waals surface area contributed by atoms with Crippen molar-refractivity contribution in [1.29, 1.82) is 0 Å². The van der Waals surface area contributed by atoms with E-state index in [1.165, 1.54) is 23.3 Å². The number of anilines is 1. The molecule has 1 nitrogen and oxygen atoms in total. The van der Waals surface area contributed by atoms with Crippen molar-refractivity contribution in [1.82, 2.24) is 0 Å². The van der Waals surface area contributed by atoms with Gasteiger partial charge in [-0.1, -0.05) is 45.0 Å². The van der Waals surface area contributed by atoms with Crippen LogP contribution < -0.4 is 5.32 Å². The Balaban J connectivity index is 2.04. The topological polar surface area (TPSA) is 12.0 Å². The normalized spacial score (nSPS) is 11.4. The lowest BCUT2D eigenvalue weighted by Crippen LogP contribution is -2.11. The molecule has 0 fully saturated rings. The number of benzene rings is 2. The third kappa shape index (κ3) is 3.95. The monoisotopic (exact) mass is 383 g/mol. The third-order valence-corrected chi connectivity index (χ3v) is 4.13. The lowest BCUT2D eigenvalue weighted by Gasteiger charge is -2.19. The van der Waals surface area contributed by atoms with Crippen molar-refractivity contribution in [3.05, 3.63) is 63.0 Å². The molecule has 0 aromatic heterocycles. The van der Waals surface area contributed by atoms with Crippen LogP contribution in [0.5, 0.6) is 0 Å². The molecule has 0 atom stereocenters. The second-order valence-electron chi connectivity index (χ2n) is 5.92. The smallest absolute Gasteiger partial charge is 0.124 e. The molecule has 0 aliphatic carbocycles. The van der Waals surface area contributed by atoms with Crippen LogP contribution >= 0.6 is 22.6 Å². The summed E-state index contributed by atoms with van der Waals surface area (Å²) in [5.74, 6) is -0.200. The molecule has 0 heterocycles. The first-order valence-electron chi connectivity index (χ1n) is 6.64. The number of rotatable bonds is 3. The largest absolute Gasteiger partial charge is 0.380 e. The van der Waals surface area contributed by atoms with Gasteiger partial charge in [0.15, 0.2) is 0 Å². The van der Waals surface area contributed by atoms with E-state index < -0.39 is 0 Å². The first kappa shape index (κ1) is 15.3. The van der Waals surface area contributed by atoms with Crippen molar-refractivity contribution < 1.29 is 4.39 Å². The van der Waals surface area contributed by atoms with Gasteiger partial charge in [-0.05, 0) is 57.3 Å². The van der Waals surface area contributed by atoms with Gasteiger partial charge in [0.2, 0.25) is 0 Å². The molecule has 0 unspecified atom stereocenters. The fourth-order valence-corrected chi connectivity index (χ4v) is 2.62. The lowest BCUT2D eigenvalue weighted by molar-refractivity contribution is 0.590. The fraction of sp³-hybridized carbons (Fsp3) is 0.294. The SMILES string of the molecule is CC(C)(C)c1ccc(CNc2ccc(F)cc2I)cc1. The van der Waals surface area contributed by atoms with Crippen LogP contribution in [-0.4, -0.2) is 0 Å². The summed E-state index contributed by atoms with van der Waals surface area (Å²) in [5.41, 5.74) is 3.70. The third-order valence-electron chi connectivity index (χ3n) is 3.23. The zero-order chi connectivity index (χ0) is 14.8. The molecule has 0 bridgehead atoms. The molecule has 0 aliphatic rings. The van der Waals surface area contributed by atoms with Crippen LogP contribution in [0.1, 0.15) is 31.9 Å². The van der Waals surface area contributed by atoms with E-state index in [2.05, 4.69) is 72.9 Å². The minimum Gasteiger partial charge on any atom is -0.380 e. The highest BCUT2D eigenvalue weighted by Gasteiger charge is 2.12. The van der Waals surface area contributed by atoms with Gasteiger partial charge < -0.3 is 5.32 Å². The summed E-state index contributed by atoms with van der Waals surface area (Å²) in [6.07, 6.45) is 0. The van der Waals surface area contributed by atoms with E-state index in [9.17, 15) is 4.39 Å². The summed E-state index contributed by atoms with van der Waals surface area (Å²) in [7, 11) is 0. The molecule has 2 aromatic carbocycles. The van der Waals surface area contributed by atoms with Crippen LogP contribution in [0.3, 0.4) is 0 Å². The van der Waals surface area contributed by atoms with E-state index in [0.29, 0.717) is 0 Å². The Bertz CT molecular complexity index is 585. The zero-order valence-electron chi connectivity index (χ0n) is 12.0. The van der Waals surface area contributed by atoms with Crippen molar-refractivity contribution in [3.8, 4) is 0 Å². The number of halogens is 2. The van der Waals surface area contributed by atoms with Gasteiger partial charge in [0, 0.05) is 15.8 Å². The summed E-state index contributed by atoms with van der Waals surface area (Å²) in [6.45, 7) is 7.37. The molecule has 0 aliphatic heterocycles. The summed E-state index contributed by atoms with van der Waals surface area (Å²) in [4.78, 5) is 0. The number of nitrogens with one attached hydrogen (secondary N) is 1. The molecule has 2 aromatic rings. The second-order valence-corrected chi connectivity index (χ2v) is 7.09. The molecular formula is C17H19FIN. The van der Waals surface area contributed by atoms with Gasteiger partial charge in [-0.3, -0.25) is 0 Å². The van der Waals surface area contributed by atoms with Gasteiger partial charge in [0.1, 0.15) is 5.82 Å². The van der Waals surface area contributed by atoms with Crippen molar-refractivity contribution >= 4 is 28.3 Å². The highest BCUT2D eigenvalue weighted by molar-refractivity contribution is 14.1. The molecule has 0 saturated carbocycles. The van der Waals surface area contributed by atoms with Crippen molar-refractivity contribution in [2.75, 3.05) is 5.32 Å². The average Bonchev–Trinajstić information content (AvgIpc) is 2.37. The Hall–Kier alpha value is -1.10. The zero-order valence-corrected chi connectivity index (χ0v) is 14.2. The average molecular weight is 383 g/mol. The van der Waals surface area contributed by atoms with Crippen LogP contribution in [0.4, 0.5) is 10.1 Å². The Labute approximate surface area is 133 Å². The van der Waals surface area contributed by atoms with E-state index in [0.717, 1.165) is 15.8 Å². The van der Waals surface area contributed by atoms with Gasteiger partial charge in [0.25, 0.3) is 0 Å². The minimum absolute atomic E-state index is 0.179. The van der Waals surface area contributed by atoms with Crippen molar-refractivity contribution in [3.63, 3.8) is 0 Å². The summed E-state index contributed by atoms with van der Waals surface area (Å²) in [5, 5.41) is 3.34. The first-order chi connectivity index (χ1) is 9.36. The van der Waals surface area contributed by atoms with Crippen LogP contribution in [0, 0.1) is 9.39 Å². The van der Waals surface area contributed by atoms with Gasteiger partial charge in [-0.2, -0.15) is 0 Å². The van der Waals surface area contributed by atoms with E-state index in [1.807, 2.05) is 0 Å². The molecule has 20 heavy (non-hydrogen) atoms. The fourth-order valence-electron chi connectivity index (χ4n) is 1.95. The predicted molar refractivity (Wildman–Crippen MR) is 91.6 cm³/mol. The Kier molecular flexibility index (Phi) is 4.68. The second kappa shape index (κ2) is 6.12. The maximum absolute atomic E-state index is 13.0. The first-order valence-corrected chi connectivity index (χ1v) is 7.72. The van der Waals surface area contributed by atoms with E-state index in [4.69, 9.17) is 0 Å². The van der Waals surface area contributed by atoms with E-state index >= 15 is 0 Å². The summed E-state index contributed by atoms with van der Waals surface area (Å²) >= 11 is 2.14. The standard InChI is InChI=1S/C17H19FIN/c1-17(2,3)13-6-4-12(5-7-13)11-20-16-9-8-14(18)10-15(16)19/h4-10,20H,11H2,1-3H3. The van der Waals surface area contributed by atoms with Crippen LogP contribution in [0.2, 0.25) is 0 Å². The Morgan fingerprint density at radius 2 is 1.70 bits per heavy atom. The van der Waals surface area contributed by atoms with Gasteiger partial charge in [-0.15, -0.1) is 0 Å². The molecule has 0 saturated heterocycles. The van der Waals surface area contributed by atoms with Crippen molar-refractivity contribution in [2.45, 2.75) is 32.7 Å². The Morgan fingerprint density at radius 1 is 1.05 bits per heavy atom. The molecule has 3 heteroatoms. The minimum atomic E-state index is -0.200. The van der Waals surface area contributed by atoms with Gasteiger partial charge >= 0.3 is 0 Å². The van der Waals surface area contributed by atoms with Crippen LogP contribution in [0.15, 0.2) is 42.5 Å². The molecule has 2 rings (SSSR count). The van der Waals surface area contributed by atoms with E-state index in [1.54, 1.807) is 6.07 Å². The molecule has 0 radical (unpaired) electrons. The molecule has 0 amide bonds. The predicted octanol–water partition coefficient (Wildman–Crippen LogP) is 5.34. The molecule has 0 spiro atoms. The number of hydrogen-bond acceptors (Lipinski definition) is 1. The maximum Gasteiger partial charge on any atom is 0.124 e. The molecule has 1 N–H and O–H groups in total. The number of hydrogen-bond donors (Lipinski definition) is 1. The van der Waals surface area contributed by atoms with Gasteiger partial charge in [0.05, 0.1) is 0 Å². The van der Waals surface area contributed by atoms with E-state index in [-0.39, 0.29) is 11.2 Å². The van der Waals surface area contributed by atoms with Crippen LogP contribution in [0.25, 0.3) is 0 Å². The highest BCUT2D eigenvalue weighted by Crippen LogP contribution is 2.23. The van der Waals surface area contributed by atoms with Gasteiger partial charge in [-0.25, -0.2) is 4.39 Å². The summed E-state index contributed by atoms with van der Waals surface area (Å²) in [6, 6.07) is 13.4. The Morgan fingerprint density at radius 3 is 2.25 bits per heavy atom. The lowest BCUT2D eigenvalue weighted by atomic mass is 9.87. The van der Waals surface area contributed by atoms with Crippen molar-refractivity contribution in [2.24, 2.45) is 0 Å². The maximum atomic E-state index is 13.0. The highest BCUT2D eigenvalue weighted by atomic mass is 127. The molecular weight excluding hydrogens is 364 g/mol. The summed E-state index contributed by atoms with van der Waals surface area (Å²) < 4.78 is 13.9.